The summed E-state index contributed by atoms with van der Waals surface area (Å²) in [5.74, 6) is 0. The Morgan fingerprint density at radius 3 is 2.71 bits per heavy atom. The molecule has 1 aromatic rings. The quantitative estimate of drug-likeness (QED) is 0.695. The Labute approximate surface area is 86.0 Å². The second-order valence-electron chi connectivity index (χ2n) is 3.73. The average Bonchev–Trinajstić information content (AvgIpc) is 2.15. The van der Waals surface area contributed by atoms with E-state index in [1.807, 2.05) is 0 Å². The van der Waals surface area contributed by atoms with Gasteiger partial charge < -0.3 is 10.4 Å². The smallest absolute Gasteiger partial charge is 0.0636 e. The molecule has 0 aliphatic carbocycles. The Morgan fingerprint density at radius 2 is 2.07 bits per heavy atom. The Morgan fingerprint density at radius 1 is 1.36 bits per heavy atom. The fourth-order valence-electron chi connectivity index (χ4n) is 1.42. The maximum Gasteiger partial charge on any atom is 0.0636 e. The first-order chi connectivity index (χ1) is 6.70. The second-order valence-corrected chi connectivity index (χ2v) is 3.73. The van der Waals surface area contributed by atoms with E-state index in [1.165, 1.54) is 11.1 Å². The van der Waals surface area contributed by atoms with E-state index in [-0.39, 0.29) is 6.10 Å². The normalized spacial score (nSPS) is 12.8. The lowest BCUT2D eigenvalue weighted by Gasteiger charge is -2.08. The number of aliphatic hydroxyl groups excluding tert-OH is 1. The van der Waals surface area contributed by atoms with E-state index >= 15 is 0 Å². The molecule has 1 rings (SSSR count). The minimum absolute atomic E-state index is 0.258. The van der Waals surface area contributed by atoms with Gasteiger partial charge in [0.05, 0.1) is 6.10 Å². The van der Waals surface area contributed by atoms with Crippen LogP contribution in [0, 0.1) is 6.92 Å². The molecule has 0 aliphatic rings. The lowest BCUT2D eigenvalue weighted by molar-refractivity contribution is 0.191. The Kier molecular flexibility index (Phi) is 4.63. The summed E-state index contributed by atoms with van der Waals surface area (Å²) in [7, 11) is 0. The van der Waals surface area contributed by atoms with Crippen LogP contribution >= 0.6 is 0 Å². The van der Waals surface area contributed by atoms with Crippen molar-refractivity contribution in [1.82, 2.24) is 5.32 Å². The van der Waals surface area contributed by atoms with Gasteiger partial charge in [0.25, 0.3) is 0 Å². The van der Waals surface area contributed by atoms with Gasteiger partial charge in [0.2, 0.25) is 0 Å². The molecule has 0 fully saturated rings. The minimum atomic E-state index is -0.258. The van der Waals surface area contributed by atoms with E-state index < -0.39 is 0 Å². The van der Waals surface area contributed by atoms with Gasteiger partial charge in [0, 0.05) is 6.54 Å². The second kappa shape index (κ2) is 5.78. The maximum atomic E-state index is 9.04. The van der Waals surface area contributed by atoms with Crippen molar-refractivity contribution in [3.8, 4) is 0 Å². The molecule has 14 heavy (non-hydrogen) atoms. The number of aliphatic hydroxyl groups is 1. The molecule has 0 unspecified atom stereocenters. The van der Waals surface area contributed by atoms with E-state index in [4.69, 9.17) is 5.11 Å². The highest BCUT2D eigenvalue weighted by Gasteiger charge is 1.97. The van der Waals surface area contributed by atoms with Gasteiger partial charge in [0.1, 0.15) is 0 Å². The summed E-state index contributed by atoms with van der Waals surface area (Å²) in [4.78, 5) is 0. The van der Waals surface area contributed by atoms with Crippen molar-refractivity contribution < 1.29 is 5.11 Å². The number of hydrogen-bond acceptors (Lipinski definition) is 2. The van der Waals surface area contributed by atoms with Crippen LogP contribution in [-0.4, -0.2) is 24.3 Å². The fraction of sp³-hybridized carbons (Fsp3) is 0.500. The van der Waals surface area contributed by atoms with E-state index in [0.717, 1.165) is 13.0 Å². The highest BCUT2D eigenvalue weighted by Crippen LogP contribution is 2.06. The van der Waals surface area contributed by atoms with Gasteiger partial charge in [-0.05, 0) is 37.9 Å². The lowest BCUT2D eigenvalue weighted by atomic mass is 10.1. The van der Waals surface area contributed by atoms with Crippen LogP contribution in [0.25, 0.3) is 0 Å². The van der Waals surface area contributed by atoms with E-state index in [1.54, 1.807) is 6.92 Å². The molecule has 78 valence electrons. The van der Waals surface area contributed by atoms with Crippen LogP contribution < -0.4 is 5.32 Å². The predicted molar refractivity (Wildman–Crippen MR) is 59.4 cm³/mol. The van der Waals surface area contributed by atoms with Crippen LogP contribution in [-0.2, 0) is 6.42 Å². The number of benzene rings is 1. The van der Waals surface area contributed by atoms with Crippen LogP contribution in [0.3, 0.4) is 0 Å². The lowest BCUT2D eigenvalue weighted by Crippen LogP contribution is -2.26. The Bertz CT molecular complexity index is 271. The molecular formula is C12H19NO. The van der Waals surface area contributed by atoms with Crippen molar-refractivity contribution in [1.29, 1.82) is 0 Å². The SMILES string of the molecule is Cc1ccccc1CCNC[C@H](C)O. The summed E-state index contributed by atoms with van der Waals surface area (Å²) in [6, 6.07) is 8.41. The maximum absolute atomic E-state index is 9.04. The van der Waals surface area contributed by atoms with Crippen LogP contribution in [0.1, 0.15) is 18.1 Å². The fourth-order valence-corrected chi connectivity index (χ4v) is 1.42. The predicted octanol–water partition coefficient (Wildman–Crippen LogP) is 1.51. The summed E-state index contributed by atoms with van der Waals surface area (Å²) in [6.07, 6.45) is 0.770. The zero-order valence-corrected chi connectivity index (χ0v) is 8.96. The van der Waals surface area contributed by atoms with Crippen LogP contribution in [0.5, 0.6) is 0 Å². The molecule has 0 aliphatic heterocycles. The van der Waals surface area contributed by atoms with Crippen LogP contribution in [0.2, 0.25) is 0 Å². The molecule has 2 heteroatoms. The van der Waals surface area contributed by atoms with Crippen molar-refractivity contribution in [3.05, 3.63) is 35.4 Å². The van der Waals surface area contributed by atoms with E-state index in [0.29, 0.717) is 6.54 Å². The monoisotopic (exact) mass is 193 g/mol. The number of aryl methyl sites for hydroxylation is 1. The van der Waals surface area contributed by atoms with Crippen molar-refractivity contribution in [2.24, 2.45) is 0 Å². The van der Waals surface area contributed by atoms with Crippen LogP contribution in [0.4, 0.5) is 0 Å². The summed E-state index contributed by atoms with van der Waals surface area (Å²) < 4.78 is 0. The van der Waals surface area contributed by atoms with Gasteiger partial charge in [0.15, 0.2) is 0 Å². The summed E-state index contributed by atoms with van der Waals surface area (Å²) in [5, 5.41) is 12.3. The Balaban J connectivity index is 2.28. The first-order valence-corrected chi connectivity index (χ1v) is 5.13. The molecule has 2 N–H and O–H groups in total. The third-order valence-corrected chi connectivity index (χ3v) is 2.27. The number of nitrogens with one attached hydrogen (secondary N) is 1. The third-order valence-electron chi connectivity index (χ3n) is 2.27. The molecule has 0 aromatic heterocycles. The minimum Gasteiger partial charge on any atom is -0.392 e. The van der Waals surface area contributed by atoms with E-state index in [9.17, 15) is 0 Å². The largest absolute Gasteiger partial charge is 0.392 e. The summed E-state index contributed by atoms with van der Waals surface area (Å²) in [5.41, 5.74) is 2.72. The molecule has 1 aromatic carbocycles. The molecular weight excluding hydrogens is 174 g/mol. The van der Waals surface area contributed by atoms with Gasteiger partial charge >= 0.3 is 0 Å². The molecule has 0 saturated carbocycles. The third kappa shape index (κ3) is 3.90. The van der Waals surface area contributed by atoms with Crippen molar-refractivity contribution in [2.75, 3.05) is 13.1 Å². The van der Waals surface area contributed by atoms with Crippen molar-refractivity contribution in [2.45, 2.75) is 26.4 Å². The molecule has 0 radical (unpaired) electrons. The topological polar surface area (TPSA) is 32.3 Å². The molecule has 0 spiro atoms. The van der Waals surface area contributed by atoms with Crippen LogP contribution in [0.15, 0.2) is 24.3 Å². The zero-order valence-electron chi connectivity index (χ0n) is 8.96. The molecule has 0 bridgehead atoms. The van der Waals surface area contributed by atoms with Gasteiger partial charge in [-0.15, -0.1) is 0 Å². The summed E-state index contributed by atoms with van der Waals surface area (Å²) >= 11 is 0. The molecule has 2 nitrogen and oxygen atoms in total. The summed E-state index contributed by atoms with van der Waals surface area (Å²) in [6.45, 7) is 5.52. The van der Waals surface area contributed by atoms with Crippen molar-refractivity contribution >= 4 is 0 Å². The highest BCUT2D eigenvalue weighted by molar-refractivity contribution is 5.25. The standard InChI is InChI=1S/C12H19NO/c1-10-5-3-4-6-12(10)7-8-13-9-11(2)14/h3-6,11,13-14H,7-9H2,1-2H3/t11-/m0/s1. The van der Waals surface area contributed by atoms with Gasteiger partial charge in [-0.2, -0.15) is 0 Å². The average molecular weight is 193 g/mol. The highest BCUT2D eigenvalue weighted by atomic mass is 16.3. The van der Waals surface area contributed by atoms with Gasteiger partial charge in [-0.3, -0.25) is 0 Å². The molecule has 1 atom stereocenters. The number of hydrogen-bond donors (Lipinski definition) is 2. The zero-order chi connectivity index (χ0) is 10.4. The molecule has 0 heterocycles. The Hall–Kier alpha value is -0.860. The van der Waals surface area contributed by atoms with Gasteiger partial charge in [-0.1, -0.05) is 24.3 Å². The van der Waals surface area contributed by atoms with Gasteiger partial charge in [-0.25, -0.2) is 0 Å². The first-order valence-electron chi connectivity index (χ1n) is 5.13. The number of rotatable bonds is 5. The van der Waals surface area contributed by atoms with E-state index in [2.05, 4.69) is 36.5 Å². The molecule has 0 saturated heterocycles. The first kappa shape index (κ1) is 11.2. The van der Waals surface area contributed by atoms with Crippen molar-refractivity contribution in [3.63, 3.8) is 0 Å². The molecule has 0 amide bonds.